The topological polar surface area (TPSA) is 54.0 Å². The molecular weight excluding hydrogens is 308 g/mol. The molecule has 0 radical (unpaired) electrons. The number of hydrogen-bond acceptors (Lipinski definition) is 5. The van der Waals surface area contributed by atoms with Crippen molar-refractivity contribution in [2.45, 2.75) is 72.2 Å². The largest absolute Gasteiger partial charge is 0.353 e. The second kappa shape index (κ2) is 11.0. The van der Waals surface area contributed by atoms with E-state index < -0.39 is 0 Å². The number of ether oxygens (including phenoxy) is 4. The minimum atomic E-state index is -0.302. The highest BCUT2D eigenvalue weighted by Crippen LogP contribution is 2.29. The maximum atomic E-state index is 11.2. The Morgan fingerprint density at radius 1 is 1.21 bits per heavy atom. The van der Waals surface area contributed by atoms with Crippen LogP contribution in [0.5, 0.6) is 0 Å². The molecule has 5 nitrogen and oxygen atoms in total. The molecule has 1 aliphatic heterocycles. The van der Waals surface area contributed by atoms with Crippen LogP contribution in [0.15, 0.2) is 12.2 Å². The summed E-state index contributed by atoms with van der Waals surface area (Å²) >= 11 is 0. The summed E-state index contributed by atoms with van der Waals surface area (Å²) in [6, 6.07) is 0. The zero-order valence-corrected chi connectivity index (χ0v) is 15.9. The number of methoxy groups -OCH3 is 1. The van der Waals surface area contributed by atoms with Crippen LogP contribution in [-0.2, 0) is 23.7 Å². The van der Waals surface area contributed by atoms with Crippen LogP contribution in [0.25, 0.3) is 0 Å². The Morgan fingerprint density at radius 2 is 1.92 bits per heavy atom. The third-order valence-electron chi connectivity index (χ3n) is 4.65. The van der Waals surface area contributed by atoms with Gasteiger partial charge < -0.3 is 23.7 Å². The second-order valence-corrected chi connectivity index (χ2v) is 6.70. The molecule has 0 aliphatic carbocycles. The Kier molecular flexibility index (Phi) is 9.74. The van der Waals surface area contributed by atoms with E-state index in [1.54, 1.807) is 7.11 Å². The van der Waals surface area contributed by atoms with Crippen LogP contribution in [0.3, 0.4) is 0 Å². The SMILES string of the molecule is CCOC(C)O[C@@H](CC[C@H](C)[C@@H]1O[C@@H](OC)C=C[C@@H]1C)[C@@H](C)C=O. The average Bonchev–Trinajstić information content (AvgIpc) is 2.58. The molecule has 1 heterocycles. The Labute approximate surface area is 146 Å². The molecule has 0 N–H and O–H groups in total. The molecule has 0 saturated carbocycles. The Morgan fingerprint density at radius 3 is 2.50 bits per heavy atom. The van der Waals surface area contributed by atoms with Gasteiger partial charge >= 0.3 is 0 Å². The van der Waals surface area contributed by atoms with E-state index in [-0.39, 0.29) is 30.7 Å². The van der Waals surface area contributed by atoms with Crippen LogP contribution in [-0.4, -0.2) is 44.8 Å². The van der Waals surface area contributed by atoms with Crippen molar-refractivity contribution in [3.8, 4) is 0 Å². The molecule has 1 rings (SSSR count). The minimum Gasteiger partial charge on any atom is -0.353 e. The highest BCUT2D eigenvalue weighted by Gasteiger charge is 2.30. The molecule has 140 valence electrons. The number of carbonyl (C=O) groups excluding carboxylic acids is 1. The first-order valence-corrected chi connectivity index (χ1v) is 9.01. The van der Waals surface area contributed by atoms with Crippen molar-refractivity contribution in [3.05, 3.63) is 12.2 Å². The van der Waals surface area contributed by atoms with Crippen molar-refractivity contribution in [1.29, 1.82) is 0 Å². The van der Waals surface area contributed by atoms with E-state index in [2.05, 4.69) is 19.9 Å². The molecule has 24 heavy (non-hydrogen) atoms. The third kappa shape index (κ3) is 6.63. The number of hydrogen-bond donors (Lipinski definition) is 0. The first-order chi connectivity index (χ1) is 11.4. The minimum absolute atomic E-state index is 0.108. The van der Waals surface area contributed by atoms with Crippen LogP contribution in [0.2, 0.25) is 0 Å². The van der Waals surface area contributed by atoms with Gasteiger partial charge in [0.05, 0.1) is 12.2 Å². The van der Waals surface area contributed by atoms with Gasteiger partial charge in [-0.05, 0) is 38.7 Å². The quantitative estimate of drug-likeness (QED) is 0.326. The maximum absolute atomic E-state index is 11.2. The summed E-state index contributed by atoms with van der Waals surface area (Å²) in [5.74, 6) is 0.531. The van der Waals surface area contributed by atoms with Crippen molar-refractivity contribution < 1.29 is 23.7 Å². The summed E-state index contributed by atoms with van der Waals surface area (Å²) in [6.07, 6.45) is 6.17. The van der Waals surface area contributed by atoms with Gasteiger partial charge in [0.1, 0.15) is 6.29 Å². The first kappa shape index (κ1) is 21.3. The fourth-order valence-corrected chi connectivity index (χ4v) is 3.14. The molecule has 7 atom stereocenters. The van der Waals surface area contributed by atoms with Gasteiger partial charge in [-0.15, -0.1) is 0 Å². The lowest BCUT2D eigenvalue weighted by molar-refractivity contribution is -0.175. The molecule has 0 saturated heterocycles. The van der Waals surface area contributed by atoms with Gasteiger partial charge in [0.2, 0.25) is 0 Å². The van der Waals surface area contributed by atoms with Gasteiger partial charge in [0.25, 0.3) is 0 Å². The van der Waals surface area contributed by atoms with Crippen LogP contribution >= 0.6 is 0 Å². The molecule has 0 spiro atoms. The Bertz CT molecular complexity index is 384. The average molecular weight is 342 g/mol. The van der Waals surface area contributed by atoms with Crippen LogP contribution < -0.4 is 0 Å². The molecule has 1 unspecified atom stereocenters. The van der Waals surface area contributed by atoms with E-state index in [0.29, 0.717) is 18.4 Å². The summed E-state index contributed by atoms with van der Waals surface area (Å²) in [5, 5.41) is 0. The van der Waals surface area contributed by atoms with Crippen LogP contribution in [0.4, 0.5) is 0 Å². The van der Waals surface area contributed by atoms with Crippen molar-refractivity contribution >= 4 is 6.29 Å². The zero-order chi connectivity index (χ0) is 18.1. The summed E-state index contributed by atoms with van der Waals surface area (Å²) in [4.78, 5) is 11.2. The number of aldehydes is 1. The smallest absolute Gasteiger partial charge is 0.176 e. The summed E-state index contributed by atoms with van der Waals surface area (Å²) in [7, 11) is 1.65. The normalized spacial score (nSPS) is 29.0. The highest BCUT2D eigenvalue weighted by molar-refractivity contribution is 5.53. The van der Waals surface area contributed by atoms with Crippen LogP contribution in [0, 0.1) is 17.8 Å². The highest BCUT2D eigenvalue weighted by atomic mass is 16.7. The van der Waals surface area contributed by atoms with E-state index in [0.717, 1.165) is 19.1 Å². The number of carbonyl (C=O) groups is 1. The van der Waals surface area contributed by atoms with E-state index in [1.807, 2.05) is 26.8 Å². The van der Waals surface area contributed by atoms with Gasteiger partial charge in [0.15, 0.2) is 12.6 Å². The lowest BCUT2D eigenvalue weighted by atomic mass is 9.86. The molecule has 0 fully saturated rings. The lowest BCUT2D eigenvalue weighted by Crippen LogP contribution is -2.37. The van der Waals surface area contributed by atoms with E-state index in [4.69, 9.17) is 18.9 Å². The zero-order valence-electron chi connectivity index (χ0n) is 15.9. The predicted octanol–water partition coefficient (Wildman–Crippen LogP) is 3.57. The van der Waals surface area contributed by atoms with Crippen molar-refractivity contribution in [1.82, 2.24) is 0 Å². The lowest BCUT2D eigenvalue weighted by Gasteiger charge is -2.35. The fraction of sp³-hybridized carbons (Fsp3) is 0.842. The summed E-state index contributed by atoms with van der Waals surface area (Å²) in [6.45, 7) is 10.6. The van der Waals surface area contributed by atoms with Crippen molar-refractivity contribution in [3.63, 3.8) is 0 Å². The monoisotopic (exact) mass is 342 g/mol. The molecule has 5 heteroatoms. The molecule has 0 aromatic heterocycles. The van der Waals surface area contributed by atoms with Crippen molar-refractivity contribution in [2.75, 3.05) is 13.7 Å². The van der Waals surface area contributed by atoms with Gasteiger partial charge in [-0.3, -0.25) is 0 Å². The molecule has 0 amide bonds. The first-order valence-electron chi connectivity index (χ1n) is 9.01. The van der Waals surface area contributed by atoms with E-state index >= 15 is 0 Å². The van der Waals surface area contributed by atoms with Gasteiger partial charge in [-0.1, -0.05) is 26.8 Å². The van der Waals surface area contributed by atoms with Gasteiger partial charge in [-0.2, -0.15) is 0 Å². The summed E-state index contributed by atoms with van der Waals surface area (Å²) in [5.41, 5.74) is 0. The van der Waals surface area contributed by atoms with E-state index in [9.17, 15) is 4.79 Å². The van der Waals surface area contributed by atoms with E-state index in [1.165, 1.54) is 0 Å². The van der Waals surface area contributed by atoms with Crippen LogP contribution in [0.1, 0.15) is 47.5 Å². The fourth-order valence-electron chi connectivity index (χ4n) is 3.14. The number of rotatable bonds is 11. The molecule has 0 aromatic rings. The molecular formula is C19H34O5. The molecule has 0 aromatic carbocycles. The molecule has 1 aliphatic rings. The second-order valence-electron chi connectivity index (χ2n) is 6.70. The molecule has 0 bridgehead atoms. The standard InChI is InChI=1S/C19H34O5/c1-7-22-16(5)23-17(15(4)12-20)10-8-13(2)19-14(3)9-11-18(21-6)24-19/h9,11-19H,7-8,10H2,1-6H3/t13-,14-,15-,16?,17-,18+,19-/m0/s1. The van der Waals surface area contributed by atoms with Gasteiger partial charge in [0, 0.05) is 25.6 Å². The predicted molar refractivity (Wildman–Crippen MR) is 93.6 cm³/mol. The Hall–Kier alpha value is -0.750. The summed E-state index contributed by atoms with van der Waals surface area (Å²) < 4.78 is 22.7. The third-order valence-corrected chi connectivity index (χ3v) is 4.65. The Balaban J connectivity index is 2.58. The van der Waals surface area contributed by atoms with Gasteiger partial charge in [-0.25, -0.2) is 0 Å². The van der Waals surface area contributed by atoms with Crippen molar-refractivity contribution in [2.24, 2.45) is 17.8 Å². The maximum Gasteiger partial charge on any atom is 0.176 e.